The Morgan fingerprint density at radius 1 is 0.978 bits per heavy atom. The van der Waals surface area contributed by atoms with Crippen molar-refractivity contribution in [3.63, 3.8) is 0 Å². The summed E-state index contributed by atoms with van der Waals surface area (Å²) in [4.78, 5) is 60.5. The molecule has 0 aliphatic carbocycles. The van der Waals surface area contributed by atoms with E-state index >= 15 is 0 Å². The van der Waals surface area contributed by atoms with Crippen LogP contribution in [0.3, 0.4) is 0 Å². The van der Waals surface area contributed by atoms with Gasteiger partial charge in [0.05, 0.1) is 7.11 Å². The van der Waals surface area contributed by atoms with Crippen LogP contribution in [-0.2, 0) is 32.3 Å². The maximum Gasteiger partial charge on any atom is 0.514 e. The average Bonchev–Trinajstić information content (AvgIpc) is 2.99. The van der Waals surface area contributed by atoms with Gasteiger partial charge in [-0.25, -0.2) is 9.59 Å². The molecule has 0 unspecified atom stereocenters. The standard InChI is InChI=1S/C33H38N2O11/c1-21(2)8-6-4-5-7-9-29(36)34-17-22-10-13-26(28(14-22)43-3)46-33(42)44-20-23-15-32(41)45-27-16-24(11-12-25(23)27)35(18-30(37)38)19-31(39)40/h6,8,10-16,21H,4-5,7,9,17-20H2,1-3H3,(H,34,36)(H,37,38)(H,39,40)/b8-6+. The number of nitrogens with one attached hydrogen (secondary N) is 1. The van der Waals surface area contributed by atoms with Crippen molar-refractivity contribution in [2.45, 2.75) is 52.7 Å². The van der Waals surface area contributed by atoms with E-state index in [1.165, 1.54) is 31.4 Å². The summed E-state index contributed by atoms with van der Waals surface area (Å²) in [6.07, 6.45) is 6.30. The zero-order valence-electron chi connectivity index (χ0n) is 25.9. The van der Waals surface area contributed by atoms with Crippen molar-refractivity contribution >= 4 is 40.7 Å². The number of methoxy groups -OCH3 is 1. The molecule has 246 valence electrons. The van der Waals surface area contributed by atoms with Gasteiger partial charge >= 0.3 is 23.7 Å². The molecule has 0 saturated heterocycles. The molecule has 0 spiro atoms. The largest absolute Gasteiger partial charge is 0.514 e. The highest BCUT2D eigenvalue weighted by molar-refractivity contribution is 5.86. The Morgan fingerprint density at radius 2 is 1.72 bits per heavy atom. The van der Waals surface area contributed by atoms with Gasteiger partial charge in [-0.2, -0.15) is 0 Å². The molecular weight excluding hydrogens is 600 g/mol. The Labute approximate surface area is 265 Å². The van der Waals surface area contributed by atoms with Crippen molar-refractivity contribution in [2.75, 3.05) is 25.1 Å². The molecule has 1 aromatic heterocycles. The lowest BCUT2D eigenvalue weighted by Gasteiger charge is -2.21. The second-order valence-corrected chi connectivity index (χ2v) is 10.7. The number of carboxylic acid groups (broad SMARTS) is 2. The van der Waals surface area contributed by atoms with Crippen molar-refractivity contribution in [3.8, 4) is 11.5 Å². The Kier molecular flexibility index (Phi) is 13.2. The van der Waals surface area contributed by atoms with Gasteiger partial charge in [-0.1, -0.05) is 32.1 Å². The quantitative estimate of drug-likeness (QED) is 0.0600. The molecule has 3 rings (SSSR count). The van der Waals surface area contributed by atoms with Crippen LogP contribution in [0.5, 0.6) is 11.5 Å². The summed E-state index contributed by atoms with van der Waals surface area (Å²) in [5.41, 5.74) is 0.502. The summed E-state index contributed by atoms with van der Waals surface area (Å²) in [7, 11) is 1.40. The normalized spacial score (nSPS) is 11.0. The van der Waals surface area contributed by atoms with Crippen molar-refractivity contribution in [2.24, 2.45) is 5.92 Å². The minimum Gasteiger partial charge on any atom is -0.493 e. The third-order valence-electron chi connectivity index (χ3n) is 6.63. The molecule has 2 aromatic carbocycles. The average molecular weight is 639 g/mol. The van der Waals surface area contributed by atoms with E-state index in [4.69, 9.17) is 28.8 Å². The number of amides is 1. The van der Waals surface area contributed by atoms with Crippen molar-refractivity contribution in [1.82, 2.24) is 5.32 Å². The van der Waals surface area contributed by atoms with Crippen LogP contribution in [0.25, 0.3) is 11.0 Å². The summed E-state index contributed by atoms with van der Waals surface area (Å²) in [5.74, 6) is -1.71. The molecule has 0 aliphatic rings. The Bertz CT molecular complexity index is 1610. The fourth-order valence-corrected chi connectivity index (χ4v) is 4.47. The summed E-state index contributed by atoms with van der Waals surface area (Å²) in [5, 5.41) is 21.5. The lowest BCUT2D eigenvalue weighted by atomic mass is 10.1. The zero-order valence-corrected chi connectivity index (χ0v) is 25.9. The van der Waals surface area contributed by atoms with Gasteiger partial charge in [-0.15, -0.1) is 0 Å². The number of aliphatic carboxylic acids is 2. The molecule has 3 aromatic rings. The maximum absolute atomic E-state index is 12.5. The number of carbonyl (C=O) groups is 4. The van der Waals surface area contributed by atoms with Crippen molar-refractivity contribution in [3.05, 3.63) is 76.2 Å². The molecule has 0 atom stereocenters. The first-order chi connectivity index (χ1) is 21.9. The first-order valence-electron chi connectivity index (χ1n) is 14.6. The number of carbonyl (C=O) groups excluding carboxylic acids is 2. The number of benzene rings is 2. The topological polar surface area (TPSA) is 182 Å². The van der Waals surface area contributed by atoms with Crippen molar-refractivity contribution < 1.29 is 48.0 Å². The van der Waals surface area contributed by atoms with E-state index < -0.39 is 36.8 Å². The molecule has 1 amide bonds. The monoisotopic (exact) mass is 638 g/mol. The van der Waals surface area contributed by atoms with Crippen LogP contribution < -0.4 is 25.3 Å². The lowest BCUT2D eigenvalue weighted by Crippen LogP contribution is -2.34. The smallest absolute Gasteiger partial charge is 0.493 e. The van der Waals surface area contributed by atoms with E-state index in [9.17, 15) is 24.0 Å². The summed E-state index contributed by atoms with van der Waals surface area (Å²) >= 11 is 0. The Hall–Kier alpha value is -5.33. The Morgan fingerprint density at radius 3 is 2.39 bits per heavy atom. The van der Waals surface area contributed by atoms with E-state index in [-0.39, 0.29) is 47.4 Å². The van der Waals surface area contributed by atoms with Crippen LogP contribution in [-0.4, -0.2) is 54.4 Å². The molecule has 0 bridgehead atoms. The highest BCUT2D eigenvalue weighted by atomic mass is 16.7. The fourth-order valence-electron chi connectivity index (χ4n) is 4.47. The van der Waals surface area contributed by atoms with Crippen LogP contribution in [0.4, 0.5) is 10.5 Å². The van der Waals surface area contributed by atoms with E-state index in [0.717, 1.165) is 35.8 Å². The van der Waals surface area contributed by atoms with Gasteiger partial charge in [0, 0.05) is 41.7 Å². The molecule has 0 fully saturated rings. The minimum absolute atomic E-state index is 0.0425. The second kappa shape index (κ2) is 17.2. The number of hydrogen-bond acceptors (Lipinski definition) is 10. The number of hydrogen-bond donors (Lipinski definition) is 3. The van der Waals surface area contributed by atoms with Gasteiger partial charge in [-0.3, -0.25) is 14.4 Å². The highest BCUT2D eigenvalue weighted by Gasteiger charge is 2.18. The third kappa shape index (κ3) is 11.3. The van der Waals surface area contributed by atoms with E-state index in [1.807, 2.05) is 0 Å². The Balaban J connectivity index is 1.59. The number of anilines is 1. The summed E-state index contributed by atoms with van der Waals surface area (Å²) < 4.78 is 21.1. The van der Waals surface area contributed by atoms with Crippen LogP contribution in [0.2, 0.25) is 0 Å². The van der Waals surface area contributed by atoms with Gasteiger partial charge in [0.1, 0.15) is 25.3 Å². The van der Waals surface area contributed by atoms with Gasteiger partial charge in [0.2, 0.25) is 5.91 Å². The fraction of sp³-hybridized carbons (Fsp3) is 0.364. The zero-order chi connectivity index (χ0) is 33.6. The van der Waals surface area contributed by atoms with Crippen LogP contribution in [0.15, 0.2) is 63.8 Å². The summed E-state index contributed by atoms with van der Waals surface area (Å²) in [6, 6.07) is 10.3. The molecule has 0 radical (unpaired) electrons. The first kappa shape index (κ1) is 35.2. The number of allylic oxidation sites excluding steroid dienone is 2. The number of fused-ring (bicyclic) bond motifs is 1. The van der Waals surface area contributed by atoms with Gasteiger partial charge in [0.15, 0.2) is 11.5 Å². The van der Waals surface area contributed by atoms with Crippen LogP contribution >= 0.6 is 0 Å². The molecule has 13 nitrogen and oxygen atoms in total. The molecular formula is C33H38N2O11. The number of rotatable bonds is 17. The molecule has 46 heavy (non-hydrogen) atoms. The lowest BCUT2D eigenvalue weighted by molar-refractivity contribution is -0.136. The highest BCUT2D eigenvalue weighted by Crippen LogP contribution is 2.29. The van der Waals surface area contributed by atoms with Gasteiger partial charge < -0.3 is 39.1 Å². The molecule has 0 aliphatic heterocycles. The predicted octanol–water partition coefficient (Wildman–Crippen LogP) is 4.88. The maximum atomic E-state index is 12.5. The van der Waals surface area contributed by atoms with E-state index in [2.05, 4.69) is 31.3 Å². The molecule has 3 N–H and O–H groups in total. The molecule has 13 heteroatoms. The number of nitrogens with zero attached hydrogens (tertiary/aromatic N) is 1. The van der Waals surface area contributed by atoms with Crippen LogP contribution in [0, 0.1) is 5.92 Å². The van der Waals surface area contributed by atoms with Gasteiger partial charge in [0.25, 0.3) is 0 Å². The van der Waals surface area contributed by atoms with Gasteiger partial charge in [-0.05, 0) is 55.0 Å². The van der Waals surface area contributed by atoms with E-state index in [0.29, 0.717) is 17.7 Å². The number of unbranched alkanes of at least 4 members (excludes halogenated alkanes) is 2. The minimum atomic E-state index is -1.24. The van der Waals surface area contributed by atoms with Crippen molar-refractivity contribution in [1.29, 1.82) is 0 Å². The first-order valence-corrected chi connectivity index (χ1v) is 14.6. The molecule has 0 saturated carbocycles. The SMILES string of the molecule is COc1cc(CNC(=O)CCCC/C=C/C(C)C)ccc1OC(=O)OCc1cc(=O)oc2cc(N(CC(=O)O)CC(=O)O)ccc12. The number of ether oxygens (including phenoxy) is 3. The summed E-state index contributed by atoms with van der Waals surface area (Å²) in [6.45, 7) is 2.96. The van der Waals surface area contributed by atoms with Crippen LogP contribution in [0.1, 0.15) is 50.7 Å². The predicted molar refractivity (Wildman–Crippen MR) is 168 cm³/mol. The molecule has 1 heterocycles. The second-order valence-electron chi connectivity index (χ2n) is 10.7. The third-order valence-corrected chi connectivity index (χ3v) is 6.63. The number of carboxylic acids is 2. The van der Waals surface area contributed by atoms with E-state index in [1.54, 1.807) is 12.1 Å².